The zero-order valence-corrected chi connectivity index (χ0v) is 19.2. The molecule has 30 heavy (non-hydrogen) atoms. The highest BCUT2D eigenvalue weighted by Crippen LogP contribution is 2.44. The molecule has 0 radical (unpaired) electrons. The third-order valence-corrected chi connectivity index (χ3v) is 6.78. The van der Waals surface area contributed by atoms with Gasteiger partial charge in [0.2, 0.25) is 5.91 Å². The molecule has 6 heteroatoms. The van der Waals surface area contributed by atoms with Crippen LogP contribution < -0.4 is 0 Å². The van der Waals surface area contributed by atoms with E-state index in [-0.39, 0.29) is 11.9 Å². The number of fused-ring (bicyclic) bond motifs is 1. The van der Waals surface area contributed by atoms with Crippen LogP contribution in [0.1, 0.15) is 65.9 Å². The van der Waals surface area contributed by atoms with Crippen molar-refractivity contribution in [1.29, 1.82) is 0 Å². The van der Waals surface area contributed by atoms with Crippen molar-refractivity contribution in [2.45, 2.75) is 83.8 Å². The highest BCUT2D eigenvalue weighted by atomic mass is 16.5. The molecule has 0 aromatic heterocycles. The molecule has 166 valence electrons. The first-order valence-corrected chi connectivity index (χ1v) is 11.4. The van der Waals surface area contributed by atoms with Gasteiger partial charge in [0.25, 0.3) is 0 Å². The van der Waals surface area contributed by atoms with E-state index in [2.05, 4.69) is 66.8 Å². The number of amides is 1. The minimum absolute atomic E-state index is 0.219. The Morgan fingerprint density at radius 1 is 1.20 bits per heavy atom. The standard InChI is InChI=1S/C24H38N4O2/c1-18(2)27(19(3)4)16-14-24(21-11-7-6-8-12-21)22-13-9-10-15-26(22)17-28(30)23(24)25-20(5)29/h6-8,11-12,18-19,22,30H,9-10,13-17H2,1-5H3/t22-,24+/m1/s1. The molecule has 2 fully saturated rings. The Morgan fingerprint density at radius 3 is 2.47 bits per heavy atom. The number of rotatable bonds is 6. The Bertz CT molecular complexity index is 741. The predicted octanol–water partition coefficient (Wildman–Crippen LogP) is 3.90. The largest absolute Gasteiger partial charge is 0.298 e. The van der Waals surface area contributed by atoms with E-state index in [4.69, 9.17) is 0 Å². The molecule has 2 aliphatic heterocycles. The van der Waals surface area contributed by atoms with Crippen molar-refractivity contribution >= 4 is 11.7 Å². The van der Waals surface area contributed by atoms with E-state index in [0.717, 1.165) is 44.3 Å². The monoisotopic (exact) mass is 414 g/mol. The molecule has 2 aliphatic rings. The highest BCUT2D eigenvalue weighted by molar-refractivity contribution is 6.00. The van der Waals surface area contributed by atoms with Crippen LogP contribution in [0.15, 0.2) is 35.3 Å². The van der Waals surface area contributed by atoms with Crippen molar-refractivity contribution in [3.8, 4) is 0 Å². The van der Waals surface area contributed by atoms with E-state index < -0.39 is 5.41 Å². The summed E-state index contributed by atoms with van der Waals surface area (Å²) in [7, 11) is 0. The summed E-state index contributed by atoms with van der Waals surface area (Å²) in [5.41, 5.74) is 0.607. The molecule has 2 atom stereocenters. The molecule has 1 N–H and O–H groups in total. The zero-order chi connectivity index (χ0) is 21.9. The second-order valence-electron chi connectivity index (χ2n) is 9.33. The normalized spacial score (nSPS) is 26.6. The van der Waals surface area contributed by atoms with Gasteiger partial charge in [-0.05, 0) is 52.5 Å². The number of aliphatic imine (C=N–C) groups is 1. The molecule has 0 saturated carbocycles. The lowest BCUT2D eigenvalue weighted by Crippen LogP contribution is -2.68. The van der Waals surface area contributed by atoms with Gasteiger partial charge >= 0.3 is 0 Å². The average Bonchev–Trinajstić information content (AvgIpc) is 2.70. The Morgan fingerprint density at radius 2 is 1.87 bits per heavy atom. The van der Waals surface area contributed by atoms with Gasteiger partial charge in [-0.25, -0.2) is 5.06 Å². The van der Waals surface area contributed by atoms with E-state index in [1.807, 2.05) is 6.07 Å². The number of carbonyl (C=O) groups is 1. The molecule has 6 nitrogen and oxygen atoms in total. The van der Waals surface area contributed by atoms with Crippen LogP contribution >= 0.6 is 0 Å². The van der Waals surface area contributed by atoms with E-state index in [0.29, 0.717) is 24.6 Å². The number of hydrogen-bond acceptors (Lipinski definition) is 4. The average molecular weight is 415 g/mol. The van der Waals surface area contributed by atoms with Crippen LogP contribution in [0.3, 0.4) is 0 Å². The van der Waals surface area contributed by atoms with Crippen LogP contribution in [0.5, 0.6) is 0 Å². The minimum Gasteiger partial charge on any atom is -0.298 e. The van der Waals surface area contributed by atoms with E-state index >= 15 is 0 Å². The number of benzene rings is 1. The molecular formula is C24H38N4O2. The molecule has 2 heterocycles. The number of hydrogen-bond donors (Lipinski definition) is 1. The Kier molecular flexibility index (Phi) is 7.32. The van der Waals surface area contributed by atoms with Crippen LogP contribution in [-0.2, 0) is 10.2 Å². The van der Waals surface area contributed by atoms with Gasteiger partial charge in [-0.1, -0.05) is 36.8 Å². The number of piperidine rings is 1. The number of carbonyl (C=O) groups excluding carboxylic acids is 1. The third-order valence-electron chi connectivity index (χ3n) is 6.78. The zero-order valence-electron chi connectivity index (χ0n) is 19.2. The van der Waals surface area contributed by atoms with Crippen molar-refractivity contribution < 1.29 is 10.0 Å². The van der Waals surface area contributed by atoms with Crippen molar-refractivity contribution in [2.24, 2.45) is 4.99 Å². The van der Waals surface area contributed by atoms with Crippen LogP contribution in [0, 0.1) is 0 Å². The second-order valence-corrected chi connectivity index (χ2v) is 9.33. The molecule has 1 amide bonds. The first-order valence-electron chi connectivity index (χ1n) is 11.4. The molecule has 0 aliphatic carbocycles. The minimum atomic E-state index is -0.525. The maximum atomic E-state index is 12.1. The molecule has 0 spiro atoms. The van der Waals surface area contributed by atoms with Gasteiger partial charge in [-0.2, -0.15) is 4.99 Å². The quantitative estimate of drug-likeness (QED) is 0.765. The van der Waals surface area contributed by atoms with Crippen molar-refractivity contribution in [3.05, 3.63) is 35.9 Å². The summed E-state index contributed by atoms with van der Waals surface area (Å²) in [5, 5.41) is 12.3. The van der Waals surface area contributed by atoms with Gasteiger partial charge in [0, 0.05) is 38.1 Å². The lowest BCUT2D eigenvalue weighted by Gasteiger charge is -2.55. The lowest BCUT2D eigenvalue weighted by molar-refractivity contribution is -0.120. The fourth-order valence-corrected chi connectivity index (χ4v) is 5.54. The van der Waals surface area contributed by atoms with Crippen molar-refractivity contribution in [2.75, 3.05) is 19.8 Å². The predicted molar refractivity (Wildman–Crippen MR) is 121 cm³/mol. The van der Waals surface area contributed by atoms with E-state index in [1.54, 1.807) is 0 Å². The lowest BCUT2D eigenvalue weighted by atomic mass is 9.66. The number of amidine groups is 1. The molecule has 1 aromatic rings. The summed E-state index contributed by atoms with van der Waals surface area (Å²) >= 11 is 0. The first-order chi connectivity index (χ1) is 14.3. The summed E-state index contributed by atoms with van der Waals surface area (Å²) in [6.45, 7) is 12.6. The number of nitrogens with zero attached hydrogens (tertiary/aromatic N) is 4. The smallest absolute Gasteiger partial charge is 0.244 e. The molecule has 2 saturated heterocycles. The Balaban J connectivity index is 2.15. The van der Waals surface area contributed by atoms with Gasteiger partial charge in [-0.3, -0.25) is 19.8 Å². The summed E-state index contributed by atoms with van der Waals surface area (Å²) in [4.78, 5) is 21.4. The molecule has 0 unspecified atom stereocenters. The second kappa shape index (κ2) is 9.58. The van der Waals surface area contributed by atoms with Gasteiger partial charge in [-0.15, -0.1) is 0 Å². The van der Waals surface area contributed by atoms with Gasteiger partial charge in [0.1, 0.15) is 5.84 Å². The Labute approximate surface area is 181 Å². The third kappa shape index (κ3) is 4.46. The first kappa shape index (κ1) is 22.9. The number of hydroxylamine groups is 2. The summed E-state index contributed by atoms with van der Waals surface area (Å²) in [6, 6.07) is 11.4. The molecule has 0 bridgehead atoms. The van der Waals surface area contributed by atoms with E-state index in [1.165, 1.54) is 12.0 Å². The highest BCUT2D eigenvalue weighted by Gasteiger charge is 2.53. The maximum absolute atomic E-state index is 12.1. The Hall–Kier alpha value is -1.76. The fourth-order valence-electron chi connectivity index (χ4n) is 5.54. The summed E-state index contributed by atoms with van der Waals surface area (Å²) in [6.07, 6.45) is 4.14. The SMILES string of the molecule is CC(=O)N=C1N(O)CN2CCCC[C@@H]2[C@]1(CCN(C(C)C)C(C)C)c1ccccc1. The van der Waals surface area contributed by atoms with Crippen LogP contribution in [0.4, 0.5) is 0 Å². The maximum Gasteiger partial charge on any atom is 0.244 e. The van der Waals surface area contributed by atoms with Crippen LogP contribution in [0.2, 0.25) is 0 Å². The molecular weight excluding hydrogens is 376 g/mol. The molecule has 3 rings (SSSR count). The van der Waals surface area contributed by atoms with Gasteiger partial charge < -0.3 is 0 Å². The summed E-state index contributed by atoms with van der Waals surface area (Å²) in [5.74, 6) is 0.245. The van der Waals surface area contributed by atoms with Crippen molar-refractivity contribution in [1.82, 2.24) is 14.9 Å². The summed E-state index contributed by atoms with van der Waals surface area (Å²) < 4.78 is 0. The van der Waals surface area contributed by atoms with Crippen LogP contribution in [0.25, 0.3) is 0 Å². The van der Waals surface area contributed by atoms with E-state index in [9.17, 15) is 10.0 Å². The van der Waals surface area contributed by atoms with Crippen molar-refractivity contribution in [3.63, 3.8) is 0 Å². The topological polar surface area (TPSA) is 59.4 Å². The van der Waals surface area contributed by atoms with Gasteiger partial charge in [0.05, 0.1) is 12.1 Å². The molecule has 1 aromatic carbocycles. The van der Waals surface area contributed by atoms with Gasteiger partial charge in [0.15, 0.2) is 0 Å². The van der Waals surface area contributed by atoms with Crippen LogP contribution in [-0.4, -0.2) is 69.7 Å². The fraction of sp³-hybridized carbons (Fsp3) is 0.667.